The zero-order chi connectivity index (χ0) is 20.5. The fourth-order valence-electron chi connectivity index (χ4n) is 2.40. The number of carbonyl (C=O) groups is 2. The van der Waals surface area contributed by atoms with Crippen LogP contribution in [-0.2, 0) is 11.2 Å². The number of ether oxygens (including phenoxy) is 2. The van der Waals surface area contributed by atoms with Gasteiger partial charge in [0.05, 0.1) is 11.5 Å². The molecular formula is C19H20N2O7. The number of hydrogen-bond donors (Lipinski definition) is 2. The summed E-state index contributed by atoms with van der Waals surface area (Å²) in [5, 5.41) is 22.4. The molecule has 0 aliphatic carbocycles. The molecule has 0 bridgehead atoms. The first-order chi connectivity index (χ1) is 13.4. The topological polar surface area (TPSA) is 128 Å². The summed E-state index contributed by atoms with van der Waals surface area (Å²) < 4.78 is 10.2. The molecule has 28 heavy (non-hydrogen) atoms. The van der Waals surface area contributed by atoms with Crippen LogP contribution in [0, 0.1) is 10.1 Å². The van der Waals surface area contributed by atoms with Gasteiger partial charge in [-0.05, 0) is 43.2 Å². The molecule has 0 aliphatic heterocycles. The average molecular weight is 388 g/mol. The Kier molecular flexibility index (Phi) is 7.32. The molecule has 1 amide bonds. The van der Waals surface area contributed by atoms with Gasteiger partial charge in [-0.3, -0.25) is 14.9 Å². The van der Waals surface area contributed by atoms with Crippen LogP contribution in [-0.4, -0.2) is 41.7 Å². The normalized spacial score (nSPS) is 10.2. The Morgan fingerprint density at radius 2 is 1.86 bits per heavy atom. The molecule has 148 valence electrons. The summed E-state index contributed by atoms with van der Waals surface area (Å²) in [6.07, 6.45) is 0.532. The van der Waals surface area contributed by atoms with Crippen LogP contribution in [0.3, 0.4) is 0 Å². The lowest BCUT2D eigenvalue weighted by Gasteiger charge is -2.08. The summed E-state index contributed by atoms with van der Waals surface area (Å²) in [5.41, 5.74) is 0.833. The molecule has 0 heterocycles. The lowest BCUT2D eigenvalue weighted by atomic mass is 10.1. The van der Waals surface area contributed by atoms with Crippen molar-refractivity contribution in [1.29, 1.82) is 0 Å². The van der Waals surface area contributed by atoms with Gasteiger partial charge in [-0.25, -0.2) is 4.79 Å². The SMILES string of the molecule is CCOc1ccc(C(=O)NCCc2ccc(OCC(=O)O)cc2)cc1[N+](=O)[O-]. The molecule has 2 rings (SSSR count). The first kappa shape index (κ1) is 20.7. The predicted molar refractivity (Wildman–Crippen MR) is 99.9 cm³/mol. The van der Waals surface area contributed by atoms with Gasteiger partial charge in [-0.2, -0.15) is 0 Å². The van der Waals surface area contributed by atoms with E-state index in [1.165, 1.54) is 18.2 Å². The molecule has 0 fully saturated rings. The molecule has 9 heteroatoms. The van der Waals surface area contributed by atoms with Crippen molar-refractivity contribution in [2.24, 2.45) is 0 Å². The highest BCUT2D eigenvalue weighted by molar-refractivity contribution is 5.95. The second-order valence-electron chi connectivity index (χ2n) is 5.70. The van der Waals surface area contributed by atoms with Gasteiger partial charge in [0.2, 0.25) is 0 Å². The molecule has 0 atom stereocenters. The van der Waals surface area contributed by atoms with Crippen molar-refractivity contribution in [3.8, 4) is 11.5 Å². The minimum atomic E-state index is -1.05. The maximum Gasteiger partial charge on any atom is 0.341 e. The molecular weight excluding hydrogens is 368 g/mol. The van der Waals surface area contributed by atoms with E-state index in [0.29, 0.717) is 18.7 Å². The molecule has 0 radical (unpaired) electrons. The molecule has 0 saturated carbocycles. The van der Waals surface area contributed by atoms with Gasteiger partial charge in [0.15, 0.2) is 12.4 Å². The second-order valence-corrected chi connectivity index (χ2v) is 5.70. The van der Waals surface area contributed by atoms with Gasteiger partial charge in [0, 0.05) is 18.2 Å². The summed E-state index contributed by atoms with van der Waals surface area (Å²) in [6.45, 7) is 1.92. The minimum absolute atomic E-state index is 0.120. The number of carboxylic acid groups (broad SMARTS) is 1. The van der Waals surface area contributed by atoms with E-state index in [4.69, 9.17) is 14.6 Å². The van der Waals surface area contributed by atoms with Crippen molar-refractivity contribution in [3.63, 3.8) is 0 Å². The van der Waals surface area contributed by atoms with Gasteiger partial charge < -0.3 is 19.9 Å². The third-order valence-electron chi connectivity index (χ3n) is 3.70. The zero-order valence-electron chi connectivity index (χ0n) is 15.2. The minimum Gasteiger partial charge on any atom is -0.487 e. The van der Waals surface area contributed by atoms with Gasteiger partial charge in [0.25, 0.3) is 5.91 Å². The number of amides is 1. The number of carboxylic acids is 1. The molecule has 2 aromatic rings. The smallest absolute Gasteiger partial charge is 0.341 e. The number of rotatable bonds is 10. The first-order valence-electron chi connectivity index (χ1n) is 8.53. The number of nitro groups is 1. The van der Waals surface area contributed by atoms with Crippen molar-refractivity contribution in [2.75, 3.05) is 19.8 Å². The summed E-state index contributed by atoms with van der Waals surface area (Å²) >= 11 is 0. The Balaban J connectivity index is 1.91. The lowest BCUT2D eigenvalue weighted by Crippen LogP contribution is -2.25. The summed E-state index contributed by atoms with van der Waals surface area (Å²) in [4.78, 5) is 33.2. The van der Waals surface area contributed by atoms with E-state index in [0.717, 1.165) is 5.56 Å². The van der Waals surface area contributed by atoms with Crippen LogP contribution in [0.15, 0.2) is 42.5 Å². The summed E-state index contributed by atoms with van der Waals surface area (Å²) in [6, 6.07) is 10.9. The Morgan fingerprint density at radius 3 is 2.46 bits per heavy atom. The van der Waals surface area contributed by atoms with E-state index >= 15 is 0 Å². The van der Waals surface area contributed by atoms with Crippen molar-refractivity contribution in [2.45, 2.75) is 13.3 Å². The standard InChI is InChI=1S/C19H20N2O7/c1-2-27-17-8-5-14(11-16(17)21(25)26)19(24)20-10-9-13-3-6-15(7-4-13)28-12-18(22)23/h3-8,11H,2,9-10,12H2,1H3,(H,20,24)(H,22,23). The molecule has 0 aromatic heterocycles. The highest BCUT2D eigenvalue weighted by Gasteiger charge is 2.18. The van der Waals surface area contributed by atoms with Gasteiger partial charge >= 0.3 is 11.7 Å². The van der Waals surface area contributed by atoms with Crippen molar-refractivity contribution >= 4 is 17.6 Å². The molecule has 2 aromatic carbocycles. The predicted octanol–water partition coefficient (Wildman–Crippen LogP) is 2.43. The third kappa shape index (κ3) is 5.97. The maximum absolute atomic E-state index is 12.2. The van der Waals surface area contributed by atoms with Crippen LogP contribution in [0.5, 0.6) is 11.5 Å². The van der Waals surface area contributed by atoms with E-state index in [9.17, 15) is 19.7 Å². The van der Waals surface area contributed by atoms with E-state index in [1.807, 2.05) is 0 Å². The van der Waals surface area contributed by atoms with Crippen LogP contribution in [0.25, 0.3) is 0 Å². The van der Waals surface area contributed by atoms with Crippen molar-refractivity contribution < 1.29 is 29.1 Å². The lowest BCUT2D eigenvalue weighted by molar-refractivity contribution is -0.385. The van der Waals surface area contributed by atoms with E-state index in [-0.39, 0.29) is 23.6 Å². The van der Waals surface area contributed by atoms with E-state index in [1.54, 1.807) is 31.2 Å². The van der Waals surface area contributed by atoms with Gasteiger partial charge in [-0.15, -0.1) is 0 Å². The Hall–Kier alpha value is -3.62. The Bertz CT molecular complexity index is 850. The monoisotopic (exact) mass is 388 g/mol. The van der Waals surface area contributed by atoms with E-state index in [2.05, 4.69) is 5.32 Å². The van der Waals surface area contributed by atoms with Crippen LogP contribution >= 0.6 is 0 Å². The number of aliphatic carboxylic acids is 1. The number of nitro benzene ring substituents is 1. The highest BCUT2D eigenvalue weighted by atomic mass is 16.6. The number of hydrogen-bond acceptors (Lipinski definition) is 6. The Morgan fingerprint density at radius 1 is 1.14 bits per heavy atom. The van der Waals surface area contributed by atoms with Crippen LogP contribution in [0.4, 0.5) is 5.69 Å². The first-order valence-corrected chi connectivity index (χ1v) is 8.53. The maximum atomic E-state index is 12.2. The number of nitrogens with zero attached hydrogens (tertiary/aromatic N) is 1. The van der Waals surface area contributed by atoms with Crippen molar-refractivity contribution in [1.82, 2.24) is 5.32 Å². The zero-order valence-corrected chi connectivity index (χ0v) is 15.2. The van der Waals surface area contributed by atoms with Crippen LogP contribution < -0.4 is 14.8 Å². The largest absolute Gasteiger partial charge is 0.487 e. The number of benzene rings is 2. The molecule has 2 N–H and O–H groups in total. The Labute approximate surface area is 161 Å². The highest BCUT2D eigenvalue weighted by Crippen LogP contribution is 2.27. The quantitative estimate of drug-likeness (QED) is 0.472. The van der Waals surface area contributed by atoms with Gasteiger partial charge in [0.1, 0.15) is 5.75 Å². The van der Waals surface area contributed by atoms with Crippen LogP contribution in [0.2, 0.25) is 0 Å². The summed E-state index contributed by atoms with van der Waals surface area (Å²) in [5.74, 6) is -0.917. The average Bonchev–Trinajstić information content (AvgIpc) is 2.67. The molecule has 0 aliphatic rings. The fourth-order valence-corrected chi connectivity index (χ4v) is 2.40. The third-order valence-corrected chi connectivity index (χ3v) is 3.70. The fraction of sp³-hybridized carbons (Fsp3) is 0.263. The second kappa shape index (κ2) is 9.91. The molecule has 0 spiro atoms. The molecule has 0 saturated heterocycles. The van der Waals surface area contributed by atoms with Gasteiger partial charge in [-0.1, -0.05) is 12.1 Å². The molecule has 9 nitrogen and oxygen atoms in total. The number of carbonyl (C=O) groups excluding carboxylic acids is 1. The van der Waals surface area contributed by atoms with E-state index < -0.39 is 23.4 Å². The molecule has 0 unspecified atom stereocenters. The van der Waals surface area contributed by atoms with Crippen LogP contribution in [0.1, 0.15) is 22.8 Å². The summed E-state index contributed by atoms with van der Waals surface area (Å²) in [7, 11) is 0. The number of nitrogens with one attached hydrogen (secondary N) is 1. The van der Waals surface area contributed by atoms with Crippen molar-refractivity contribution in [3.05, 3.63) is 63.7 Å².